The summed E-state index contributed by atoms with van der Waals surface area (Å²) in [5.41, 5.74) is 0.727. The molecule has 2 N–H and O–H groups in total. The number of nitro benzene ring substituents is 1. The van der Waals surface area contributed by atoms with Crippen LogP contribution in [0.2, 0.25) is 0 Å². The quantitative estimate of drug-likeness (QED) is 0.429. The Kier molecular flexibility index (Phi) is 6.78. The van der Waals surface area contributed by atoms with Crippen LogP contribution in [0.1, 0.15) is 18.9 Å². The number of para-hydroxylation sites is 1. The molecule has 0 aromatic heterocycles. The highest BCUT2D eigenvalue weighted by atomic mass is 16.6. The van der Waals surface area contributed by atoms with Crippen LogP contribution in [0.15, 0.2) is 30.3 Å². The van der Waals surface area contributed by atoms with Crippen LogP contribution < -0.4 is 5.32 Å². The van der Waals surface area contributed by atoms with Crippen molar-refractivity contribution in [3.05, 3.63) is 46.0 Å². The molecule has 1 rings (SSSR count). The molecule has 1 atom stereocenters. The fourth-order valence-electron chi connectivity index (χ4n) is 1.72. The van der Waals surface area contributed by atoms with Gasteiger partial charge in [-0.2, -0.15) is 0 Å². The van der Waals surface area contributed by atoms with E-state index >= 15 is 0 Å². The van der Waals surface area contributed by atoms with E-state index in [2.05, 4.69) is 12.2 Å². The third kappa shape index (κ3) is 5.63. The lowest BCUT2D eigenvalue weighted by molar-refractivity contribution is -0.385. The molecule has 0 aliphatic heterocycles. The summed E-state index contributed by atoms with van der Waals surface area (Å²) in [5, 5.41) is 22.8. The molecule has 0 aliphatic carbocycles. The molecule has 0 saturated heterocycles. The van der Waals surface area contributed by atoms with Gasteiger partial charge in [-0.15, -0.1) is 0 Å². The third-order valence-electron chi connectivity index (χ3n) is 2.81. The SMILES string of the molecule is CC(CCO)CNC/C=C/c1ccccc1[N+](=O)[O-]. The molecule has 104 valence electrons. The molecule has 0 fully saturated rings. The summed E-state index contributed by atoms with van der Waals surface area (Å²) in [7, 11) is 0. The number of hydrogen-bond acceptors (Lipinski definition) is 4. The van der Waals surface area contributed by atoms with Gasteiger partial charge in [0.2, 0.25) is 0 Å². The highest BCUT2D eigenvalue weighted by molar-refractivity contribution is 5.60. The fourth-order valence-corrected chi connectivity index (χ4v) is 1.72. The number of aliphatic hydroxyl groups is 1. The Balaban J connectivity index is 2.43. The molecular formula is C14H20N2O3. The summed E-state index contributed by atoms with van der Waals surface area (Å²) in [6, 6.07) is 6.66. The van der Waals surface area contributed by atoms with E-state index in [-0.39, 0.29) is 17.2 Å². The molecule has 5 nitrogen and oxygen atoms in total. The molecule has 1 aromatic carbocycles. The normalized spacial score (nSPS) is 12.7. The number of rotatable bonds is 8. The largest absolute Gasteiger partial charge is 0.396 e. The van der Waals surface area contributed by atoms with Crippen LogP contribution in [-0.4, -0.2) is 29.7 Å². The maximum atomic E-state index is 10.8. The van der Waals surface area contributed by atoms with Gasteiger partial charge in [0.25, 0.3) is 5.69 Å². The van der Waals surface area contributed by atoms with Crippen LogP contribution in [0, 0.1) is 16.0 Å². The number of nitrogens with zero attached hydrogens (tertiary/aromatic N) is 1. The van der Waals surface area contributed by atoms with Gasteiger partial charge in [-0.1, -0.05) is 31.2 Å². The van der Waals surface area contributed by atoms with Gasteiger partial charge in [0, 0.05) is 19.2 Å². The molecule has 0 bridgehead atoms. The zero-order valence-electron chi connectivity index (χ0n) is 11.1. The van der Waals surface area contributed by atoms with Gasteiger partial charge in [0.15, 0.2) is 0 Å². The molecule has 1 unspecified atom stereocenters. The van der Waals surface area contributed by atoms with Crippen molar-refractivity contribution >= 4 is 11.8 Å². The van der Waals surface area contributed by atoms with E-state index in [1.807, 2.05) is 6.08 Å². The van der Waals surface area contributed by atoms with Gasteiger partial charge in [-0.05, 0) is 24.9 Å². The highest BCUT2D eigenvalue weighted by Crippen LogP contribution is 2.18. The summed E-state index contributed by atoms with van der Waals surface area (Å²) < 4.78 is 0. The van der Waals surface area contributed by atoms with Gasteiger partial charge in [0.1, 0.15) is 0 Å². The first-order valence-corrected chi connectivity index (χ1v) is 6.36. The van der Waals surface area contributed by atoms with Crippen molar-refractivity contribution in [3.63, 3.8) is 0 Å². The second-order valence-electron chi connectivity index (χ2n) is 4.49. The lowest BCUT2D eigenvalue weighted by Gasteiger charge is -2.09. The van der Waals surface area contributed by atoms with Gasteiger partial charge in [0.05, 0.1) is 10.5 Å². The number of hydrogen-bond donors (Lipinski definition) is 2. The van der Waals surface area contributed by atoms with Crippen LogP contribution in [0.25, 0.3) is 6.08 Å². The van der Waals surface area contributed by atoms with E-state index < -0.39 is 0 Å². The van der Waals surface area contributed by atoms with Crippen molar-refractivity contribution in [1.82, 2.24) is 5.32 Å². The molecule has 0 spiro atoms. The minimum absolute atomic E-state index is 0.118. The Labute approximate surface area is 113 Å². The Morgan fingerprint density at radius 1 is 1.47 bits per heavy atom. The van der Waals surface area contributed by atoms with E-state index in [1.165, 1.54) is 6.07 Å². The molecule has 0 heterocycles. The summed E-state index contributed by atoms with van der Waals surface area (Å²) in [4.78, 5) is 10.4. The number of nitrogens with one attached hydrogen (secondary N) is 1. The van der Waals surface area contributed by atoms with E-state index in [1.54, 1.807) is 24.3 Å². The Morgan fingerprint density at radius 2 is 2.21 bits per heavy atom. The molecule has 0 aliphatic rings. The average molecular weight is 264 g/mol. The van der Waals surface area contributed by atoms with Crippen molar-refractivity contribution in [2.75, 3.05) is 19.7 Å². The topological polar surface area (TPSA) is 75.4 Å². The predicted octanol–water partition coefficient (Wildman–Crippen LogP) is 2.22. The minimum Gasteiger partial charge on any atom is -0.396 e. The van der Waals surface area contributed by atoms with Crippen molar-refractivity contribution < 1.29 is 10.0 Å². The molecule has 0 saturated carbocycles. The first-order chi connectivity index (χ1) is 9.15. The summed E-state index contributed by atoms with van der Waals surface area (Å²) >= 11 is 0. The van der Waals surface area contributed by atoms with Gasteiger partial charge in [-0.3, -0.25) is 10.1 Å². The van der Waals surface area contributed by atoms with Crippen LogP contribution >= 0.6 is 0 Å². The summed E-state index contributed by atoms with van der Waals surface area (Å²) in [6.45, 7) is 3.74. The molecule has 1 aromatic rings. The lowest BCUT2D eigenvalue weighted by atomic mass is 10.1. The summed E-state index contributed by atoms with van der Waals surface area (Å²) in [6.07, 6.45) is 4.40. The zero-order chi connectivity index (χ0) is 14.1. The van der Waals surface area contributed by atoms with Gasteiger partial charge < -0.3 is 10.4 Å². The first-order valence-electron chi connectivity index (χ1n) is 6.36. The molecule has 5 heteroatoms. The monoisotopic (exact) mass is 264 g/mol. The fraction of sp³-hybridized carbons (Fsp3) is 0.429. The van der Waals surface area contributed by atoms with Crippen LogP contribution in [0.3, 0.4) is 0 Å². The number of nitro groups is 1. The van der Waals surface area contributed by atoms with Crippen molar-refractivity contribution in [2.45, 2.75) is 13.3 Å². The van der Waals surface area contributed by atoms with Crippen LogP contribution in [0.5, 0.6) is 0 Å². The first kappa shape index (κ1) is 15.3. The van der Waals surface area contributed by atoms with E-state index in [0.717, 1.165) is 13.0 Å². The lowest BCUT2D eigenvalue weighted by Crippen LogP contribution is -2.21. The second-order valence-corrected chi connectivity index (χ2v) is 4.49. The van der Waals surface area contributed by atoms with Gasteiger partial charge in [-0.25, -0.2) is 0 Å². The minimum atomic E-state index is -0.379. The van der Waals surface area contributed by atoms with E-state index in [0.29, 0.717) is 18.0 Å². The maximum Gasteiger partial charge on any atom is 0.276 e. The average Bonchev–Trinajstić information content (AvgIpc) is 2.39. The van der Waals surface area contributed by atoms with Crippen molar-refractivity contribution in [3.8, 4) is 0 Å². The van der Waals surface area contributed by atoms with Crippen LogP contribution in [0.4, 0.5) is 5.69 Å². The smallest absolute Gasteiger partial charge is 0.276 e. The zero-order valence-corrected chi connectivity index (χ0v) is 11.1. The van der Waals surface area contributed by atoms with E-state index in [9.17, 15) is 10.1 Å². The molecular weight excluding hydrogens is 244 g/mol. The Morgan fingerprint density at radius 3 is 2.89 bits per heavy atom. The van der Waals surface area contributed by atoms with Crippen molar-refractivity contribution in [2.24, 2.45) is 5.92 Å². The van der Waals surface area contributed by atoms with E-state index in [4.69, 9.17) is 5.11 Å². The maximum absolute atomic E-state index is 10.8. The molecule has 19 heavy (non-hydrogen) atoms. The highest BCUT2D eigenvalue weighted by Gasteiger charge is 2.08. The second kappa shape index (κ2) is 8.39. The molecule has 0 radical (unpaired) electrons. The number of aliphatic hydroxyl groups excluding tert-OH is 1. The summed E-state index contributed by atoms with van der Waals surface area (Å²) in [5.74, 6) is 0.421. The van der Waals surface area contributed by atoms with Crippen LogP contribution in [-0.2, 0) is 0 Å². The third-order valence-corrected chi connectivity index (χ3v) is 2.81. The standard InChI is InChI=1S/C14H20N2O3/c1-12(8-10-17)11-15-9-4-6-13-5-2-3-7-14(13)16(18)19/h2-7,12,15,17H,8-11H2,1H3/b6-4+. The predicted molar refractivity (Wildman–Crippen MR) is 75.9 cm³/mol. The molecule has 0 amide bonds. The Hall–Kier alpha value is -1.72. The van der Waals surface area contributed by atoms with Gasteiger partial charge >= 0.3 is 0 Å². The Bertz CT molecular complexity index is 432. The van der Waals surface area contributed by atoms with Crippen molar-refractivity contribution in [1.29, 1.82) is 0 Å². The number of benzene rings is 1.